The van der Waals surface area contributed by atoms with Crippen molar-refractivity contribution in [3.8, 4) is 11.5 Å². The van der Waals surface area contributed by atoms with E-state index >= 15 is 0 Å². The maximum atomic E-state index is 5.37. The lowest BCUT2D eigenvalue weighted by molar-refractivity contribution is 0.174. The standard InChI is InChI=1S/C14H11Br2NO2/c15-10-2-1-3-11(16)14(10)17-7-9-4-5-12-13(6-9)19-8-18-12/h1-6,17H,7-8H2. The molecule has 2 aromatic carbocycles. The third kappa shape index (κ3) is 2.72. The van der Waals surface area contributed by atoms with Crippen LogP contribution in [0.1, 0.15) is 5.56 Å². The average Bonchev–Trinajstić information content (AvgIpc) is 2.85. The van der Waals surface area contributed by atoms with Crippen LogP contribution in [0.2, 0.25) is 0 Å². The highest BCUT2D eigenvalue weighted by Crippen LogP contribution is 2.34. The van der Waals surface area contributed by atoms with Crippen molar-refractivity contribution in [2.45, 2.75) is 6.54 Å². The molecule has 1 aliphatic heterocycles. The van der Waals surface area contributed by atoms with Gasteiger partial charge in [0.2, 0.25) is 6.79 Å². The molecular formula is C14H11Br2NO2. The Hall–Kier alpha value is -1.20. The molecule has 0 atom stereocenters. The molecule has 2 aromatic rings. The van der Waals surface area contributed by atoms with Crippen LogP contribution < -0.4 is 14.8 Å². The molecule has 0 saturated heterocycles. The van der Waals surface area contributed by atoms with E-state index in [2.05, 4.69) is 37.2 Å². The number of fused-ring (bicyclic) bond motifs is 1. The fourth-order valence-electron chi connectivity index (χ4n) is 1.91. The Bertz CT molecular complexity index is 596. The average molecular weight is 385 g/mol. The zero-order chi connectivity index (χ0) is 13.2. The summed E-state index contributed by atoms with van der Waals surface area (Å²) in [6, 6.07) is 12.0. The van der Waals surface area contributed by atoms with Gasteiger partial charge in [0.1, 0.15) is 0 Å². The number of benzene rings is 2. The molecule has 0 saturated carbocycles. The second-order valence-corrected chi connectivity index (χ2v) is 5.85. The quantitative estimate of drug-likeness (QED) is 0.841. The predicted molar refractivity (Wildman–Crippen MR) is 81.7 cm³/mol. The first kappa shape index (κ1) is 12.8. The normalized spacial score (nSPS) is 12.5. The molecule has 19 heavy (non-hydrogen) atoms. The second kappa shape index (κ2) is 5.43. The van der Waals surface area contributed by atoms with E-state index in [1.165, 1.54) is 0 Å². The van der Waals surface area contributed by atoms with Gasteiger partial charge in [-0.05, 0) is 61.7 Å². The molecular weight excluding hydrogens is 374 g/mol. The molecule has 0 spiro atoms. The van der Waals surface area contributed by atoms with Gasteiger partial charge in [0.25, 0.3) is 0 Å². The first-order valence-electron chi connectivity index (χ1n) is 5.80. The van der Waals surface area contributed by atoms with Gasteiger partial charge < -0.3 is 14.8 Å². The highest BCUT2D eigenvalue weighted by molar-refractivity contribution is 9.11. The van der Waals surface area contributed by atoms with E-state index in [0.29, 0.717) is 6.79 Å². The smallest absolute Gasteiger partial charge is 0.231 e. The summed E-state index contributed by atoms with van der Waals surface area (Å²) in [6.45, 7) is 1.03. The summed E-state index contributed by atoms with van der Waals surface area (Å²) in [4.78, 5) is 0. The minimum atomic E-state index is 0.308. The van der Waals surface area contributed by atoms with Crippen LogP contribution >= 0.6 is 31.9 Å². The van der Waals surface area contributed by atoms with Gasteiger partial charge >= 0.3 is 0 Å². The Labute approximate surface area is 128 Å². The Balaban J connectivity index is 1.76. The van der Waals surface area contributed by atoms with Gasteiger partial charge in [0.05, 0.1) is 5.69 Å². The second-order valence-electron chi connectivity index (χ2n) is 4.14. The summed E-state index contributed by atoms with van der Waals surface area (Å²) in [7, 11) is 0. The fraction of sp³-hybridized carbons (Fsp3) is 0.143. The number of para-hydroxylation sites is 1. The molecule has 3 rings (SSSR count). The minimum Gasteiger partial charge on any atom is -0.454 e. The number of hydrogen-bond donors (Lipinski definition) is 1. The van der Waals surface area contributed by atoms with Crippen LogP contribution in [0.3, 0.4) is 0 Å². The largest absolute Gasteiger partial charge is 0.454 e. The summed E-state index contributed by atoms with van der Waals surface area (Å²) >= 11 is 7.07. The van der Waals surface area contributed by atoms with E-state index in [4.69, 9.17) is 9.47 Å². The summed E-state index contributed by atoms with van der Waals surface area (Å²) < 4.78 is 12.7. The maximum Gasteiger partial charge on any atom is 0.231 e. The monoisotopic (exact) mass is 383 g/mol. The molecule has 1 aliphatic rings. The van der Waals surface area contributed by atoms with Gasteiger partial charge in [-0.25, -0.2) is 0 Å². The Kier molecular flexibility index (Phi) is 3.66. The van der Waals surface area contributed by atoms with Crippen LogP contribution in [0.4, 0.5) is 5.69 Å². The number of hydrogen-bond acceptors (Lipinski definition) is 3. The van der Waals surface area contributed by atoms with E-state index in [9.17, 15) is 0 Å². The fourth-order valence-corrected chi connectivity index (χ4v) is 3.19. The number of rotatable bonds is 3. The molecule has 3 nitrogen and oxygen atoms in total. The molecule has 98 valence electrons. The lowest BCUT2D eigenvalue weighted by Gasteiger charge is -2.11. The zero-order valence-corrected chi connectivity index (χ0v) is 13.1. The van der Waals surface area contributed by atoms with Crippen molar-refractivity contribution in [1.29, 1.82) is 0 Å². The van der Waals surface area contributed by atoms with Crippen molar-refractivity contribution in [2.24, 2.45) is 0 Å². The summed E-state index contributed by atoms with van der Waals surface area (Å²) in [5.74, 6) is 1.62. The van der Waals surface area contributed by atoms with E-state index in [0.717, 1.165) is 38.2 Å². The predicted octanol–water partition coefficient (Wildman–Crippen LogP) is 4.55. The van der Waals surface area contributed by atoms with E-state index in [-0.39, 0.29) is 0 Å². The molecule has 0 amide bonds. The SMILES string of the molecule is Brc1cccc(Br)c1NCc1ccc2c(c1)OCO2. The molecule has 0 aliphatic carbocycles. The first-order chi connectivity index (χ1) is 9.24. The van der Waals surface area contributed by atoms with Crippen LogP contribution in [-0.2, 0) is 6.54 Å². The third-order valence-electron chi connectivity index (χ3n) is 2.87. The van der Waals surface area contributed by atoms with Crippen LogP contribution in [0.25, 0.3) is 0 Å². The van der Waals surface area contributed by atoms with Crippen molar-refractivity contribution in [1.82, 2.24) is 0 Å². The zero-order valence-electron chi connectivity index (χ0n) is 9.95. The van der Waals surface area contributed by atoms with Crippen molar-refractivity contribution in [2.75, 3.05) is 12.1 Å². The molecule has 0 radical (unpaired) electrons. The van der Waals surface area contributed by atoms with Gasteiger partial charge in [0.15, 0.2) is 11.5 Å². The van der Waals surface area contributed by atoms with Crippen molar-refractivity contribution in [3.05, 3.63) is 50.9 Å². The van der Waals surface area contributed by atoms with Crippen molar-refractivity contribution < 1.29 is 9.47 Å². The molecule has 1 heterocycles. The van der Waals surface area contributed by atoms with Gasteiger partial charge in [-0.3, -0.25) is 0 Å². The van der Waals surface area contributed by atoms with Crippen LogP contribution in [0.15, 0.2) is 45.3 Å². The van der Waals surface area contributed by atoms with Crippen LogP contribution in [0, 0.1) is 0 Å². The highest BCUT2D eigenvalue weighted by atomic mass is 79.9. The van der Waals surface area contributed by atoms with Crippen molar-refractivity contribution in [3.63, 3.8) is 0 Å². The van der Waals surface area contributed by atoms with Crippen molar-refractivity contribution >= 4 is 37.5 Å². The third-order valence-corrected chi connectivity index (χ3v) is 4.19. The molecule has 0 aromatic heterocycles. The number of ether oxygens (including phenoxy) is 2. The van der Waals surface area contributed by atoms with Crippen LogP contribution in [-0.4, -0.2) is 6.79 Å². The first-order valence-corrected chi connectivity index (χ1v) is 7.39. The Morgan fingerprint density at radius 3 is 2.53 bits per heavy atom. The molecule has 0 unspecified atom stereocenters. The van der Waals surface area contributed by atoms with E-state index in [1.807, 2.05) is 36.4 Å². The summed E-state index contributed by atoms with van der Waals surface area (Å²) in [6.07, 6.45) is 0. The lowest BCUT2D eigenvalue weighted by Crippen LogP contribution is -2.00. The van der Waals surface area contributed by atoms with Gasteiger partial charge in [-0.15, -0.1) is 0 Å². The molecule has 5 heteroatoms. The molecule has 1 N–H and O–H groups in total. The topological polar surface area (TPSA) is 30.5 Å². The number of nitrogens with one attached hydrogen (secondary N) is 1. The minimum absolute atomic E-state index is 0.308. The van der Waals surface area contributed by atoms with Gasteiger partial charge in [0, 0.05) is 15.5 Å². The molecule has 0 fully saturated rings. The Morgan fingerprint density at radius 1 is 1.00 bits per heavy atom. The van der Waals surface area contributed by atoms with Crippen LogP contribution in [0.5, 0.6) is 11.5 Å². The number of anilines is 1. The number of halogens is 2. The van der Waals surface area contributed by atoms with E-state index in [1.54, 1.807) is 0 Å². The highest BCUT2D eigenvalue weighted by Gasteiger charge is 2.13. The Morgan fingerprint density at radius 2 is 1.74 bits per heavy atom. The van der Waals surface area contributed by atoms with E-state index < -0.39 is 0 Å². The summed E-state index contributed by atoms with van der Waals surface area (Å²) in [5, 5.41) is 3.40. The van der Waals surface area contributed by atoms with Gasteiger partial charge in [-0.1, -0.05) is 12.1 Å². The molecule has 0 bridgehead atoms. The lowest BCUT2D eigenvalue weighted by atomic mass is 10.2. The van der Waals surface area contributed by atoms with Gasteiger partial charge in [-0.2, -0.15) is 0 Å². The maximum absolute atomic E-state index is 5.37. The summed E-state index contributed by atoms with van der Waals surface area (Å²) in [5.41, 5.74) is 2.19.